The smallest absolute Gasteiger partial charge is 0.305 e. The molecule has 6 heteroatoms. The molecular weight excluding hydrogens is 839 g/mol. The molecule has 0 aliphatic rings. The molecule has 0 heterocycles. The summed E-state index contributed by atoms with van der Waals surface area (Å²) < 4.78 is 5.46. The van der Waals surface area contributed by atoms with Crippen LogP contribution in [0.3, 0.4) is 0 Å². The molecule has 0 saturated heterocycles. The number of rotatable bonds is 55. The van der Waals surface area contributed by atoms with Crippen LogP contribution in [0, 0.1) is 0 Å². The molecule has 0 aromatic rings. The predicted molar refractivity (Wildman–Crippen MR) is 296 cm³/mol. The van der Waals surface area contributed by atoms with E-state index >= 15 is 0 Å². The maximum absolute atomic E-state index is 12.4. The van der Waals surface area contributed by atoms with Crippen LogP contribution in [0.2, 0.25) is 0 Å². The Hall–Kier alpha value is -2.18. The summed E-state index contributed by atoms with van der Waals surface area (Å²) in [7, 11) is 0. The minimum Gasteiger partial charge on any atom is -0.466 e. The lowest BCUT2D eigenvalue weighted by atomic mass is 10.0. The Morgan fingerprint density at radius 2 is 0.735 bits per heavy atom. The highest BCUT2D eigenvalue weighted by molar-refractivity contribution is 5.76. The van der Waals surface area contributed by atoms with Crippen molar-refractivity contribution in [1.82, 2.24) is 5.32 Å². The normalized spacial score (nSPS) is 12.9. The van der Waals surface area contributed by atoms with Gasteiger partial charge in [0.05, 0.1) is 25.4 Å². The van der Waals surface area contributed by atoms with Crippen LogP contribution >= 0.6 is 0 Å². The topological polar surface area (TPSA) is 95.9 Å². The summed E-state index contributed by atoms with van der Waals surface area (Å²) in [5.41, 5.74) is 0. The van der Waals surface area contributed by atoms with Crippen molar-refractivity contribution in [3.8, 4) is 0 Å². The fraction of sp³-hybridized carbons (Fsp3) is 0.839. The van der Waals surface area contributed by atoms with Gasteiger partial charge < -0.3 is 20.3 Å². The molecule has 0 saturated carbocycles. The Labute approximate surface area is 423 Å². The number of esters is 1. The molecule has 0 aliphatic heterocycles. The van der Waals surface area contributed by atoms with Gasteiger partial charge in [0.2, 0.25) is 5.91 Å². The standard InChI is InChI=1S/C62H115NO5/c1-3-5-7-9-11-13-15-36-40-44-48-52-56-62(67)68-57-53-49-45-41-37-34-32-30-28-26-24-22-20-18-16-17-19-21-23-25-27-29-31-33-35-39-43-47-51-55-61(66)63-59(58-64)60(65)54-50-46-42-38-14-12-10-8-6-4-2/h11,13,16,18,22,24,50,54,59-60,64-65H,3-10,12,14-15,17,19-21,23,25-49,51-53,55-58H2,1-2H3,(H,63,66)/b13-11-,18-16-,24-22-,54-50+. The minimum absolute atomic E-state index is 0.000927. The second-order valence-electron chi connectivity index (χ2n) is 20.3. The first kappa shape index (κ1) is 65.8. The van der Waals surface area contributed by atoms with Crippen molar-refractivity contribution in [2.24, 2.45) is 0 Å². The largest absolute Gasteiger partial charge is 0.466 e. The first-order valence-electron chi connectivity index (χ1n) is 29.9. The van der Waals surface area contributed by atoms with E-state index in [9.17, 15) is 19.8 Å². The molecule has 1 amide bonds. The molecule has 0 aliphatic carbocycles. The Kier molecular flexibility index (Phi) is 55.6. The van der Waals surface area contributed by atoms with Crippen LogP contribution in [-0.2, 0) is 14.3 Å². The highest BCUT2D eigenvalue weighted by Crippen LogP contribution is 2.16. The zero-order valence-corrected chi connectivity index (χ0v) is 45.3. The SMILES string of the molecule is CCCCC/C=C\CCCCCCCC(=O)OCCCCCCCCCCC/C=C\C/C=C\CCCCCCCCCCCCCCCC(=O)NC(CO)C(O)/C=C/CCCCCCCCCC. The van der Waals surface area contributed by atoms with Crippen LogP contribution in [0.1, 0.15) is 309 Å². The van der Waals surface area contributed by atoms with E-state index in [0.717, 1.165) is 51.4 Å². The van der Waals surface area contributed by atoms with E-state index in [2.05, 4.69) is 55.6 Å². The lowest BCUT2D eigenvalue weighted by Gasteiger charge is -2.20. The average Bonchev–Trinajstić information content (AvgIpc) is 3.34. The summed E-state index contributed by atoms with van der Waals surface area (Å²) in [4.78, 5) is 24.4. The Bertz CT molecular complexity index is 1150. The molecule has 0 fully saturated rings. The van der Waals surface area contributed by atoms with Crippen molar-refractivity contribution in [3.05, 3.63) is 48.6 Å². The van der Waals surface area contributed by atoms with E-state index in [4.69, 9.17) is 4.74 Å². The molecule has 0 spiro atoms. The van der Waals surface area contributed by atoms with E-state index < -0.39 is 12.1 Å². The van der Waals surface area contributed by atoms with Crippen LogP contribution in [0.15, 0.2) is 48.6 Å². The maximum atomic E-state index is 12.4. The predicted octanol–water partition coefficient (Wildman–Crippen LogP) is 18.6. The first-order valence-corrected chi connectivity index (χ1v) is 29.9. The third-order valence-electron chi connectivity index (χ3n) is 13.6. The van der Waals surface area contributed by atoms with E-state index in [1.807, 2.05) is 6.08 Å². The molecule has 0 rings (SSSR count). The van der Waals surface area contributed by atoms with Crippen molar-refractivity contribution in [3.63, 3.8) is 0 Å². The fourth-order valence-electron chi connectivity index (χ4n) is 8.95. The number of carbonyl (C=O) groups excluding carboxylic acids is 2. The summed E-state index contributed by atoms with van der Waals surface area (Å²) in [5.74, 6) is -0.0702. The molecule has 0 bridgehead atoms. The molecule has 2 unspecified atom stereocenters. The Morgan fingerprint density at radius 3 is 1.16 bits per heavy atom. The van der Waals surface area contributed by atoms with Gasteiger partial charge in [-0.25, -0.2) is 0 Å². The van der Waals surface area contributed by atoms with E-state index in [1.54, 1.807) is 6.08 Å². The number of allylic oxidation sites excluding steroid dienone is 7. The third kappa shape index (κ3) is 53.2. The summed E-state index contributed by atoms with van der Waals surface area (Å²) in [6, 6.07) is -0.627. The van der Waals surface area contributed by atoms with Crippen molar-refractivity contribution in [2.75, 3.05) is 13.2 Å². The second kappa shape index (κ2) is 57.4. The van der Waals surface area contributed by atoms with Crippen LogP contribution in [-0.4, -0.2) is 47.4 Å². The highest BCUT2D eigenvalue weighted by Gasteiger charge is 2.18. The van der Waals surface area contributed by atoms with Gasteiger partial charge in [0.1, 0.15) is 0 Å². The molecule has 0 radical (unpaired) electrons. The molecule has 2 atom stereocenters. The van der Waals surface area contributed by atoms with Crippen molar-refractivity contribution in [2.45, 2.75) is 321 Å². The zero-order chi connectivity index (χ0) is 49.3. The number of carbonyl (C=O) groups is 2. The number of aliphatic hydroxyl groups is 2. The molecule has 0 aromatic carbocycles. The molecular formula is C62H115NO5. The summed E-state index contributed by atoms with van der Waals surface area (Å²) in [6.45, 7) is 4.85. The average molecular weight is 955 g/mol. The quantitative estimate of drug-likeness (QED) is 0.0321. The number of nitrogens with one attached hydrogen (secondary N) is 1. The third-order valence-corrected chi connectivity index (χ3v) is 13.6. The monoisotopic (exact) mass is 954 g/mol. The van der Waals surface area contributed by atoms with Crippen molar-refractivity contribution in [1.29, 1.82) is 0 Å². The minimum atomic E-state index is -0.843. The number of hydrogen-bond donors (Lipinski definition) is 3. The Morgan fingerprint density at radius 1 is 0.412 bits per heavy atom. The maximum Gasteiger partial charge on any atom is 0.305 e. The van der Waals surface area contributed by atoms with Crippen molar-refractivity contribution < 1.29 is 24.5 Å². The Balaban J connectivity index is 3.41. The highest BCUT2D eigenvalue weighted by atomic mass is 16.5. The summed E-state index contributed by atoms with van der Waals surface area (Å²) >= 11 is 0. The number of ether oxygens (including phenoxy) is 1. The molecule has 6 nitrogen and oxygen atoms in total. The van der Waals surface area contributed by atoms with Gasteiger partial charge in [-0.15, -0.1) is 0 Å². The number of amides is 1. The van der Waals surface area contributed by atoms with Gasteiger partial charge in [0, 0.05) is 12.8 Å². The van der Waals surface area contributed by atoms with E-state index in [1.165, 1.54) is 231 Å². The van der Waals surface area contributed by atoms with Crippen LogP contribution in [0.25, 0.3) is 0 Å². The van der Waals surface area contributed by atoms with Gasteiger partial charge in [-0.05, 0) is 89.9 Å². The zero-order valence-electron chi connectivity index (χ0n) is 45.3. The van der Waals surface area contributed by atoms with Gasteiger partial charge in [0.25, 0.3) is 0 Å². The van der Waals surface area contributed by atoms with Crippen LogP contribution in [0.4, 0.5) is 0 Å². The van der Waals surface area contributed by atoms with Gasteiger partial charge in [0.15, 0.2) is 0 Å². The number of unbranched alkanes of at least 4 members (excludes halogenated alkanes) is 38. The van der Waals surface area contributed by atoms with E-state index in [-0.39, 0.29) is 18.5 Å². The number of aliphatic hydroxyl groups excluding tert-OH is 2. The van der Waals surface area contributed by atoms with Crippen LogP contribution < -0.4 is 5.32 Å². The van der Waals surface area contributed by atoms with Crippen LogP contribution in [0.5, 0.6) is 0 Å². The lowest BCUT2D eigenvalue weighted by Crippen LogP contribution is -2.45. The number of hydrogen-bond acceptors (Lipinski definition) is 5. The molecule has 0 aromatic heterocycles. The summed E-state index contributed by atoms with van der Waals surface area (Å²) in [5, 5.41) is 23.0. The van der Waals surface area contributed by atoms with E-state index in [0.29, 0.717) is 19.4 Å². The van der Waals surface area contributed by atoms with Gasteiger partial charge >= 0.3 is 5.97 Å². The van der Waals surface area contributed by atoms with Gasteiger partial charge in [-0.3, -0.25) is 9.59 Å². The molecule has 68 heavy (non-hydrogen) atoms. The second-order valence-corrected chi connectivity index (χ2v) is 20.3. The summed E-state index contributed by atoms with van der Waals surface area (Å²) in [6.07, 6.45) is 73.0. The first-order chi connectivity index (χ1) is 33.5. The van der Waals surface area contributed by atoms with Gasteiger partial charge in [-0.1, -0.05) is 255 Å². The van der Waals surface area contributed by atoms with Crippen molar-refractivity contribution >= 4 is 11.9 Å². The van der Waals surface area contributed by atoms with Gasteiger partial charge in [-0.2, -0.15) is 0 Å². The molecule has 398 valence electrons. The molecule has 3 N–H and O–H groups in total. The lowest BCUT2D eigenvalue weighted by molar-refractivity contribution is -0.143. The fourth-order valence-corrected chi connectivity index (χ4v) is 8.95.